The summed E-state index contributed by atoms with van der Waals surface area (Å²) in [6.45, 7) is 6.23. The molecule has 3 atom stereocenters. The first-order valence-electron chi connectivity index (χ1n) is 7.69. The Morgan fingerprint density at radius 2 is 2.05 bits per heavy atom. The minimum Gasteiger partial charge on any atom is -0.497 e. The highest BCUT2D eigenvalue weighted by Crippen LogP contribution is 2.31. The Hall–Kier alpha value is -1.26. The zero-order valence-electron chi connectivity index (χ0n) is 13.5. The monoisotopic (exact) mass is 293 g/mol. The van der Waals surface area contributed by atoms with E-state index in [1.807, 2.05) is 18.2 Å². The number of rotatable bonds is 5. The van der Waals surface area contributed by atoms with Crippen LogP contribution < -0.4 is 9.47 Å². The van der Waals surface area contributed by atoms with Gasteiger partial charge in [0.25, 0.3) is 0 Å². The van der Waals surface area contributed by atoms with Crippen molar-refractivity contribution in [3.05, 3.63) is 23.8 Å². The number of hydrogen-bond acceptors (Lipinski definition) is 4. The van der Waals surface area contributed by atoms with Crippen molar-refractivity contribution in [1.82, 2.24) is 4.90 Å². The van der Waals surface area contributed by atoms with Crippen LogP contribution in [0.15, 0.2) is 18.2 Å². The largest absolute Gasteiger partial charge is 0.497 e. The van der Waals surface area contributed by atoms with Gasteiger partial charge in [0.15, 0.2) is 0 Å². The van der Waals surface area contributed by atoms with E-state index in [9.17, 15) is 5.11 Å². The Morgan fingerprint density at radius 3 is 2.67 bits per heavy atom. The van der Waals surface area contributed by atoms with Crippen LogP contribution in [0.2, 0.25) is 0 Å². The van der Waals surface area contributed by atoms with Crippen LogP contribution >= 0.6 is 0 Å². The molecule has 1 aliphatic heterocycles. The molecule has 1 fully saturated rings. The highest BCUT2D eigenvalue weighted by atomic mass is 16.5. The zero-order chi connectivity index (χ0) is 15.4. The lowest BCUT2D eigenvalue weighted by molar-refractivity contribution is 0.0588. The quantitative estimate of drug-likeness (QED) is 0.906. The third-order valence-corrected chi connectivity index (χ3v) is 4.48. The van der Waals surface area contributed by atoms with E-state index >= 15 is 0 Å². The molecule has 1 saturated heterocycles. The highest BCUT2D eigenvalue weighted by molar-refractivity contribution is 5.41. The first-order valence-corrected chi connectivity index (χ1v) is 7.69. The SMILES string of the molecule is COc1ccc(OC)c(C(O)CN2CCC(C)CC2C)c1. The van der Waals surface area contributed by atoms with Gasteiger partial charge in [-0.25, -0.2) is 0 Å². The predicted octanol–water partition coefficient (Wildman–Crippen LogP) is 2.86. The maximum Gasteiger partial charge on any atom is 0.124 e. The van der Waals surface area contributed by atoms with E-state index in [1.165, 1.54) is 12.8 Å². The first kappa shape index (κ1) is 16.1. The minimum absolute atomic E-state index is 0.514. The molecule has 0 bridgehead atoms. The van der Waals surface area contributed by atoms with E-state index in [1.54, 1.807) is 14.2 Å². The third kappa shape index (κ3) is 3.89. The second-order valence-electron chi connectivity index (χ2n) is 6.10. The molecule has 3 unspecified atom stereocenters. The Labute approximate surface area is 127 Å². The van der Waals surface area contributed by atoms with Gasteiger partial charge < -0.3 is 14.6 Å². The number of aliphatic hydroxyl groups excluding tert-OH is 1. The molecular weight excluding hydrogens is 266 g/mol. The van der Waals surface area contributed by atoms with E-state index in [-0.39, 0.29) is 0 Å². The van der Waals surface area contributed by atoms with Crippen LogP contribution in [0.3, 0.4) is 0 Å². The molecule has 118 valence electrons. The van der Waals surface area contributed by atoms with Crippen LogP contribution in [0.1, 0.15) is 38.4 Å². The van der Waals surface area contributed by atoms with Crippen molar-refractivity contribution >= 4 is 0 Å². The fraction of sp³-hybridized carbons (Fsp3) is 0.647. The summed E-state index contributed by atoms with van der Waals surface area (Å²) in [4.78, 5) is 2.36. The van der Waals surface area contributed by atoms with Crippen molar-refractivity contribution in [2.45, 2.75) is 38.8 Å². The number of likely N-dealkylation sites (tertiary alicyclic amines) is 1. The van der Waals surface area contributed by atoms with Crippen molar-refractivity contribution in [2.75, 3.05) is 27.3 Å². The summed E-state index contributed by atoms with van der Waals surface area (Å²) < 4.78 is 10.6. The predicted molar refractivity (Wildman–Crippen MR) is 83.9 cm³/mol. The number of nitrogens with zero attached hydrogens (tertiary/aromatic N) is 1. The van der Waals surface area contributed by atoms with Crippen LogP contribution in [0.5, 0.6) is 11.5 Å². The van der Waals surface area contributed by atoms with Gasteiger partial charge in [-0.3, -0.25) is 4.90 Å². The molecule has 0 radical (unpaired) electrons. The molecule has 1 N–H and O–H groups in total. The second kappa shape index (κ2) is 7.14. The fourth-order valence-electron chi connectivity index (χ4n) is 3.15. The molecule has 4 heteroatoms. The summed E-state index contributed by atoms with van der Waals surface area (Å²) in [6, 6.07) is 6.07. The summed E-state index contributed by atoms with van der Waals surface area (Å²) >= 11 is 0. The third-order valence-electron chi connectivity index (χ3n) is 4.48. The van der Waals surface area contributed by atoms with Crippen molar-refractivity contribution in [2.24, 2.45) is 5.92 Å². The van der Waals surface area contributed by atoms with Gasteiger partial charge >= 0.3 is 0 Å². The lowest BCUT2D eigenvalue weighted by atomic mass is 9.93. The average Bonchev–Trinajstić information content (AvgIpc) is 2.49. The number of hydrogen-bond donors (Lipinski definition) is 1. The van der Waals surface area contributed by atoms with E-state index in [0.717, 1.165) is 23.8 Å². The Morgan fingerprint density at radius 1 is 1.29 bits per heavy atom. The van der Waals surface area contributed by atoms with Crippen molar-refractivity contribution in [3.63, 3.8) is 0 Å². The van der Waals surface area contributed by atoms with Gasteiger partial charge in [0, 0.05) is 18.2 Å². The van der Waals surface area contributed by atoms with Crippen molar-refractivity contribution in [1.29, 1.82) is 0 Å². The smallest absolute Gasteiger partial charge is 0.124 e. The molecule has 1 heterocycles. The summed E-state index contributed by atoms with van der Waals surface area (Å²) in [7, 11) is 3.26. The van der Waals surface area contributed by atoms with E-state index in [2.05, 4.69) is 18.7 Å². The van der Waals surface area contributed by atoms with Crippen LogP contribution in [0, 0.1) is 5.92 Å². The lowest BCUT2D eigenvalue weighted by Crippen LogP contribution is -2.42. The normalized spacial score (nSPS) is 24.6. The first-order chi connectivity index (χ1) is 10.0. The van der Waals surface area contributed by atoms with Crippen LogP contribution in [-0.2, 0) is 0 Å². The molecule has 4 nitrogen and oxygen atoms in total. The maximum atomic E-state index is 10.6. The molecule has 1 aliphatic rings. The van der Waals surface area contributed by atoms with Gasteiger partial charge in [0.2, 0.25) is 0 Å². The van der Waals surface area contributed by atoms with E-state index in [0.29, 0.717) is 18.3 Å². The zero-order valence-corrected chi connectivity index (χ0v) is 13.5. The molecule has 0 aliphatic carbocycles. The van der Waals surface area contributed by atoms with Gasteiger partial charge in [-0.15, -0.1) is 0 Å². The summed E-state index contributed by atoms with van der Waals surface area (Å²) in [6.07, 6.45) is 1.83. The Balaban J connectivity index is 2.10. The fourth-order valence-corrected chi connectivity index (χ4v) is 3.15. The van der Waals surface area contributed by atoms with E-state index in [4.69, 9.17) is 9.47 Å². The van der Waals surface area contributed by atoms with Gasteiger partial charge in [0.1, 0.15) is 11.5 Å². The Bertz CT molecular complexity index is 463. The molecule has 1 aromatic carbocycles. The summed E-state index contributed by atoms with van der Waals surface area (Å²) in [5.74, 6) is 2.23. The van der Waals surface area contributed by atoms with Gasteiger partial charge in [-0.05, 0) is 50.4 Å². The summed E-state index contributed by atoms with van der Waals surface area (Å²) in [5.41, 5.74) is 0.794. The molecule has 21 heavy (non-hydrogen) atoms. The van der Waals surface area contributed by atoms with Gasteiger partial charge in [-0.1, -0.05) is 6.92 Å². The minimum atomic E-state index is -0.564. The van der Waals surface area contributed by atoms with Crippen molar-refractivity contribution < 1.29 is 14.6 Å². The molecule has 0 saturated carbocycles. The van der Waals surface area contributed by atoms with Crippen molar-refractivity contribution in [3.8, 4) is 11.5 Å². The number of β-amino-alcohol motifs (C(OH)–C–C–N with tert-alkyl or cyclic N) is 1. The molecule has 0 amide bonds. The van der Waals surface area contributed by atoms with Crippen LogP contribution in [-0.4, -0.2) is 43.4 Å². The van der Waals surface area contributed by atoms with Gasteiger partial charge in [0.05, 0.1) is 20.3 Å². The number of ether oxygens (including phenoxy) is 2. The second-order valence-corrected chi connectivity index (χ2v) is 6.10. The number of aliphatic hydroxyl groups is 1. The maximum absolute atomic E-state index is 10.6. The molecule has 2 rings (SSSR count). The number of methoxy groups -OCH3 is 2. The highest BCUT2D eigenvalue weighted by Gasteiger charge is 2.26. The number of piperidine rings is 1. The molecule has 1 aromatic rings. The van der Waals surface area contributed by atoms with Gasteiger partial charge in [-0.2, -0.15) is 0 Å². The van der Waals surface area contributed by atoms with Crippen LogP contribution in [0.4, 0.5) is 0 Å². The average molecular weight is 293 g/mol. The Kier molecular flexibility index (Phi) is 5.48. The molecular formula is C17H27NO3. The summed E-state index contributed by atoms with van der Waals surface area (Å²) in [5, 5.41) is 10.6. The molecule has 0 spiro atoms. The standard InChI is InChI=1S/C17H27NO3/c1-12-7-8-18(13(2)9-12)11-16(19)15-10-14(20-3)5-6-17(15)21-4/h5-6,10,12-13,16,19H,7-9,11H2,1-4H3. The number of benzene rings is 1. The van der Waals surface area contributed by atoms with E-state index < -0.39 is 6.10 Å². The topological polar surface area (TPSA) is 41.9 Å². The lowest BCUT2D eigenvalue weighted by Gasteiger charge is -2.37. The molecule has 0 aromatic heterocycles. The van der Waals surface area contributed by atoms with Crippen LogP contribution in [0.25, 0.3) is 0 Å².